The minimum Gasteiger partial charge on any atom is -0.262 e. The monoisotopic (exact) mass is 350 g/mol. The molecule has 0 amide bonds. The lowest BCUT2D eigenvalue weighted by atomic mass is 10.3. The van der Waals surface area contributed by atoms with Gasteiger partial charge in [0.1, 0.15) is 0 Å². The first-order chi connectivity index (χ1) is 7.01. The number of rotatable bonds is 2. The maximum Gasteiger partial charge on any atom is 0.377 e. The van der Waals surface area contributed by atoms with Gasteiger partial charge in [-0.3, -0.25) is 10.1 Å². The van der Waals surface area contributed by atoms with E-state index in [2.05, 4.69) is 36.8 Å². The van der Waals surface area contributed by atoms with Crippen LogP contribution in [-0.4, -0.2) is 9.91 Å². The summed E-state index contributed by atoms with van der Waals surface area (Å²) >= 11 is 7.28. The number of hydrogen-bond donors (Lipinski definition) is 0. The van der Waals surface area contributed by atoms with Crippen LogP contribution >= 0.6 is 43.2 Å². The van der Waals surface area contributed by atoms with E-state index in [1.54, 1.807) is 0 Å². The van der Waals surface area contributed by atoms with Crippen LogP contribution in [0.4, 0.5) is 0 Å². The molecule has 0 N–H and O–H groups in total. The Kier molecular flexibility index (Phi) is 2.78. The highest BCUT2D eigenvalue weighted by Crippen LogP contribution is 2.41. The molecule has 0 aliphatic rings. The molecule has 7 heteroatoms. The van der Waals surface area contributed by atoms with E-state index < -0.39 is 8.28 Å². The molecule has 0 saturated heterocycles. The fraction of sp³-hybridized carbons (Fsp3) is 0.125. The number of nitrogens with zero attached hydrogens (tertiary/aromatic N) is 2. The highest BCUT2D eigenvalue weighted by molar-refractivity contribution is 9.24. The van der Waals surface area contributed by atoms with Gasteiger partial charge in [-0.1, -0.05) is 12.1 Å². The summed E-state index contributed by atoms with van der Waals surface area (Å²) in [5.41, 5.74) is 0.766. The topological polar surface area (TPSA) is 56.0 Å². The second-order valence-electron chi connectivity index (χ2n) is 2.79. The van der Waals surface area contributed by atoms with Crippen molar-refractivity contribution in [3.63, 3.8) is 0 Å². The zero-order valence-electron chi connectivity index (χ0n) is 7.18. The van der Waals surface area contributed by atoms with Gasteiger partial charge in [0, 0.05) is 31.9 Å². The number of alkyl halides is 2. The van der Waals surface area contributed by atoms with Crippen LogP contribution in [0.2, 0.25) is 0 Å². The van der Waals surface area contributed by atoms with E-state index in [0.717, 1.165) is 10.2 Å². The van der Waals surface area contributed by atoms with E-state index in [1.165, 1.54) is 11.3 Å². The summed E-state index contributed by atoms with van der Waals surface area (Å²) in [4.78, 5) is 14.5. The summed E-state index contributed by atoms with van der Waals surface area (Å²) in [6, 6.07) is 7.43. The second-order valence-corrected chi connectivity index (χ2v) is 7.18. The first kappa shape index (κ1) is 11.0. The number of para-hydroxylation sites is 1. The molecule has 0 fully saturated rings. The summed E-state index contributed by atoms with van der Waals surface area (Å²) in [5, 5.41) is 11.2. The molecule has 0 spiro atoms. The van der Waals surface area contributed by atoms with Crippen LogP contribution in [-0.2, 0) is 3.36 Å². The van der Waals surface area contributed by atoms with Gasteiger partial charge in [-0.25, -0.2) is 4.98 Å². The summed E-state index contributed by atoms with van der Waals surface area (Å²) in [5.74, 6) is 0. The lowest BCUT2D eigenvalue weighted by Gasteiger charge is -2.06. The molecule has 0 radical (unpaired) electrons. The molecular weight excluding hydrogens is 348 g/mol. The molecule has 1 heterocycles. The van der Waals surface area contributed by atoms with Crippen molar-refractivity contribution in [2.75, 3.05) is 0 Å². The molecule has 0 atom stereocenters. The number of benzene rings is 1. The fourth-order valence-electron chi connectivity index (χ4n) is 1.08. The Bertz CT molecular complexity index is 493. The standard InChI is InChI=1S/C8H4Br2N2O2S/c9-8(10,12(13)14)7-11-5-3-1-2-4-6(5)15-7/h1-4H. The van der Waals surface area contributed by atoms with Gasteiger partial charge in [0.15, 0.2) is 5.01 Å². The van der Waals surface area contributed by atoms with Crippen molar-refractivity contribution in [2.24, 2.45) is 0 Å². The van der Waals surface area contributed by atoms with Crippen LogP contribution in [0, 0.1) is 10.1 Å². The van der Waals surface area contributed by atoms with Crippen molar-refractivity contribution in [3.05, 3.63) is 39.4 Å². The number of halogens is 2. The summed E-state index contributed by atoms with van der Waals surface area (Å²) in [6.07, 6.45) is 0. The molecule has 1 aromatic heterocycles. The maximum atomic E-state index is 10.8. The van der Waals surface area contributed by atoms with Gasteiger partial charge >= 0.3 is 3.36 Å². The van der Waals surface area contributed by atoms with Crippen molar-refractivity contribution in [1.29, 1.82) is 0 Å². The largest absolute Gasteiger partial charge is 0.377 e. The highest BCUT2D eigenvalue weighted by atomic mass is 79.9. The Morgan fingerprint density at radius 2 is 2.07 bits per heavy atom. The van der Waals surface area contributed by atoms with Crippen molar-refractivity contribution in [1.82, 2.24) is 4.98 Å². The molecule has 2 aromatic rings. The van der Waals surface area contributed by atoms with Crippen LogP contribution < -0.4 is 0 Å². The van der Waals surface area contributed by atoms with Crippen molar-refractivity contribution >= 4 is 53.4 Å². The van der Waals surface area contributed by atoms with Crippen LogP contribution in [0.3, 0.4) is 0 Å². The molecule has 15 heavy (non-hydrogen) atoms. The van der Waals surface area contributed by atoms with Gasteiger partial charge in [-0.2, -0.15) is 0 Å². The lowest BCUT2D eigenvalue weighted by Crippen LogP contribution is -2.20. The first-order valence-corrected chi connectivity index (χ1v) is 6.30. The third kappa shape index (κ3) is 1.91. The van der Waals surface area contributed by atoms with E-state index in [4.69, 9.17) is 0 Å². The molecule has 78 valence electrons. The average Bonchev–Trinajstić information content (AvgIpc) is 2.61. The van der Waals surface area contributed by atoms with Crippen molar-refractivity contribution in [2.45, 2.75) is 3.36 Å². The Balaban J connectivity index is 2.58. The number of hydrogen-bond acceptors (Lipinski definition) is 4. The number of fused-ring (bicyclic) bond motifs is 1. The van der Waals surface area contributed by atoms with Crippen molar-refractivity contribution in [3.8, 4) is 0 Å². The smallest absolute Gasteiger partial charge is 0.262 e. The molecule has 0 saturated carbocycles. The molecule has 2 rings (SSSR count). The maximum absolute atomic E-state index is 10.8. The predicted octanol–water partition coefficient (Wildman–Crippen LogP) is 3.47. The predicted molar refractivity (Wildman–Crippen MR) is 66.1 cm³/mol. The van der Waals surface area contributed by atoms with Crippen LogP contribution in [0.5, 0.6) is 0 Å². The number of nitro groups is 1. The Hall–Kier alpha value is -0.530. The second kappa shape index (κ2) is 3.80. The minimum absolute atomic E-state index is 0.383. The zero-order chi connectivity index (χ0) is 11.1. The molecular formula is C8H4Br2N2O2S. The Morgan fingerprint density at radius 1 is 1.40 bits per heavy atom. The third-order valence-corrected chi connectivity index (χ3v) is 4.78. The quantitative estimate of drug-likeness (QED) is 0.360. The van der Waals surface area contributed by atoms with E-state index in [9.17, 15) is 10.1 Å². The molecule has 0 bridgehead atoms. The van der Waals surface area contributed by atoms with Gasteiger partial charge in [-0.15, -0.1) is 11.3 Å². The molecule has 0 aliphatic heterocycles. The van der Waals surface area contributed by atoms with Crippen molar-refractivity contribution < 1.29 is 4.92 Å². The summed E-state index contributed by atoms with van der Waals surface area (Å²) < 4.78 is -0.554. The Morgan fingerprint density at radius 3 is 2.67 bits per heavy atom. The third-order valence-electron chi connectivity index (χ3n) is 1.78. The summed E-state index contributed by atoms with van der Waals surface area (Å²) in [6.45, 7) is 0. The Labute approximate surface area is 106 Å². The average molecular weight is 352 g/mol. The van der Waals surface area contributed by atoms with E-state index in [-0.39, 0.29) is 0 Å². The lowest BCUT2D eigenvalue weighted by molar-refractivity contribution is -0.510. The van der Waals surface area contributed by atoms with Crippen LogP contribution in [0.15, 0.2) is 24.3 Å². The number of thiazole rings is 1. The highest BCUT2D eigenvalue weighted by Gasteiger charge is 2.42. The summed E-state index contributed by atoms with van der Waals surface area (Å²) in [7, 11) is 0. The van der Waals surface area contributed by atoms with Crippen LogP contribution in [0.1, 0.15) is 5.01 Å². The zero-order valence-corrected chi connectivity index (χ0v) is 11.2. The molecule has 0 aliphatic carbocycles. The first-order valence-electron chi connectivity index (χ1n) is 3.90. The van der Waals surface area contributed by atoms with Gasteiger partial charge in [0.2, 0.25) is 0 Å². The van der Waals surface area contributed by atoms with E-state index in [1.807, 2.05) is 24.3 Å². The normalized spacial score (nSPS) is 11.9. The van der Waals surface area contributed by atoms with Gasteiger partial charge in [0.25, 0.3) is 0 Å². The molecule has 4 nitrogen and oxygen atoms in total. The van der Waals surface area contributed by atoms with E-state index in [0.29, 0.717) is 5.01 Å². The van der Waals surface area contributed by atoms with Gasteiger partial charge < -0.3 is 0 Å². The molecule has 0 unspecified atom stereocenters. The minimum atomic E-state index is -1.48. The SMILES string of the molecule is O=[N+]([O-])C(Br)(Br)c1nc2ccccc2s1. The fourth-order valence-corrected chi connectivity index (χ4v) is 2.66. The molecule has 1 aromatic carbocycles. The van der Waals surface area contributed by atoms with Gasteiger partial charge in [0.05, 0.1) is 15.1 Å². The van der Waals surface area contributed by atoms with Gasteiger partial charge in [-0.05, 0) is 12.1 Å². The van der Waals surface area contributed by atoms with Crippen LogP contribution in [0.25, 0.3) is 10.2 Å². The number of aromatic nitrogens is 1. The van der Waals surface area contributed by atoms with E-state index >= 15 is 0 Å².